The zero-order valence-corrected chi connectivity index (χ0v) is 14.5. The number of hydrogen-bond acceptors (Lipinski definition) is 3. The van der Waals surface area contributed by atoms with Gasteiger partial charge in [-0.25, -0.2) is 0 Å². The highest BCUT2D eigenvalue weighted by molar-refractivity contribution is 5.99. The summed E-state index contributed by atoms with van der Waals surface area (Å²) in [7, 11) is 1.65. The lowest BCUT2D eigenvalue weighted by molar-refractivity contribution is 0.0363. The Hall–Kier alpha value is -1.97. The molecule has 1 amide bonds. The van der Waals surface area contributed by atoms with Crippen molar-refractivity contribution in [2.45, 2.75) is 51.5 Å². The van der Waals surface area contributed by atoms with Crippen LogP contribution in [0.15, 0.2) is 22.6 Å². The van der Waals surface area contributed by atoms with Crippen LogP contribution in [0.1, 0.15) is 54.6 Å². The van der Waals surface area contributed by atoms with E-state index in [-0.39, 0.29) is 5.91 Å². The first kappa shape index (κ1) is 15.6. The minimum absolute atomic E-state index is 0.0688. The average molecular weight is 327 g/mol. The molecule has 1 aliphatic heterocycles. The van der Waals surface area contributed by atoms with E-state index in [1.54, 1.807) is 7.11 Å². The van der Waals surface area contributed by atoms with E-state index in [0.29, 0.717) is 17.7 Å². The predicted molar refractivity (Wildman–Crippen MR) is 93.5 cm³/mol. The summed E-state index contributed by atoms with van der Waals surface area (Å²) in [4.78, 5) is 15.3. The first-order valence-corrected chi connectivity index (χ1v) is 9.07. The SMILES string of the molecule is COc1ccc2oc(C(=O)N3CCC[C@H]4CCCC[C@@H]43)c(C)c2c1. The third kappa shape index (κ3) is 2.48. The van der Waals surface area contributed by atoms with Crippen LogP contribution in [0.25, 0.3) is 11.0 Å². The van der Waals surface area contributed by atoms with Gasteiger partial charge in [-0.05, 0) is 56.7 Å². The Morgan fingerprint density at radius 3 is 2.83 bits per heavy atom. The molecular formula is C20H25NO3. The largest absolute Gasteiger partial charge is 0.497 e. The van der Waals surface area contributed by atoms with E-state index in [1.807, 2.05) is 25.1 Å². The molecule has 0 bridgehead atoms. The lowest BCUT2D eigenvalue weighted by Gasteiger charge is -2.43. The van der Waals surface area contributed by atoms with Gasteiger partial charge >= 0.3 is 0 Å². The molecule has 1 saturated carbocycles. The second kappa shape index (κ2) is 6.15. The number of likely N-dealkylation sites (tertiary alicyclic amines) is 1. The van der Waals surface area contributed by atoms with Gasteiger partial charge < -0.3 is 14.1 Å². The number of carbonyl (C=O) groups excluding carboxylic acids is 1. The summed E-state index contributed by atoms with van der Waals surface area (Å²) in [6.45, 7) is 2.83. The monoisotopic (exact) mass is 327 g/mol. The van der Waals surface area contributed by atoms with Crippen LogP contribution in [0.3, 0.4) is 0 Å². The Bertz CT molecular complexity index is 762. The maximum atomic E-state index is 13.2. The molecule has 0 unspecified atom stereocenters. The maximum absolute atomic E-state index is 13.2. The van der Waals surface area contributed by atoms with Crippen LogP contribution in [0.5, 0.6) is 5.75 Å². The summed E-state index contributed by atoms with van der Waals surface area (Å²) >= 11 is 0. The van der Waals surface area contributed by atoms with Crippen LogP contribution in [0, 0.1) is 12.8 Å². The lowest BCUT2D eigenvalue weighted by Crippen LogP contribution is -2.49. The fourth-order valence-corrected chi connectivity index (χ4v) is 4.54. The summed E-state index contributed by atoms with van der Waals surface area (Å²) in [6, 6.07) is 6.11. The fraction of sp³-hybridized carbons (Fsp3) is 0.550. The van der Waals surface area contributed by atoms with Crippen molar-refractivity contribution in [2.24, 2.45) is 5.92 Å². The first-order valence-electron chi connectivity index (χ1n) is 9.07. The second-order valence-electron chi connectivity index (χ2n) is 7.17. The number of benzene rings is 1. The number of fused-ring (bicyclic) bond motifs is 2. The molecule has 2 atom stereocenters. The first-order chi connectivity index (χ1) is 11.7. The normalized spacial score (nSPS) is 24.0. The Morgan fingerprint density at radius 2 is 2.00 bits per heavy atom. The quantitative estimate of drug-likeness (QED) is 0.813. The molecule has 0 N–H and O–H groups in total. The van der Waals surface area contributed by atoms with Gasteiger partial charge in [0.05, 0.1) is 7.11 Å². The van der Waals surface area contributed by atoms with Crippen LogP contribution in [0.2, 0.25) is 0 Å². The van der Waals surface area contributed by atoms with Crippen molar-refractivity contribution in [2.75, 3.05) is 13.7 Å². The van der Waals surface area contributed by atoms with Gasteiger partial charge in [-0.15, -0.1) is 0 Å². The molecule has 2 aliphatic rings. The summed E-state index contributed by atoms with van der Waals surface area (Å²) in [5, 5.41) is 0.968. The minimum Gasteiger partial charge on any atom is -0.497 e. The molecule has 2 aromatic rings. The summed E-state index contributed by atoms with van der Waals surface area (Å²) < 4.78 is 11.2. The Labute approximate surface area is 142 Å². The Morgan fingerprint density at radius 1 is 1.21 bits per heavy atom. The number of piperidine rings is 1. The van der Waals surface area contributed by atoms with Crippen molar-refractivity contribution in [1.82, 2.24) is 4.90 Å². The van der Waals surface area contributed by atoms with Crippen molar-refractivity contribution in [3.8, 4) is 5.75 Å². The van der Waals surface area contributed by atoms with E-state index in [2.05, 4.69) is 4.90 Å². The molecule has 128 valence electrons. The molecule has 1 aromatic heterocycles. The van der Waals surface area contributed by atoms with E-state index in [1.165, 1.54) is 25.7 Å². The summed E-state index contributed by atoms with van der Waals surface area (Å²) in [5.41, 5.74) is 1.68. The van der Waals surface area contributed by atoms with Crippen molar-refractivity contribution in [1.29, 1.82) is 0 Å². The third-order valence-corrected chi connectivity index (χ3v) is 5.84. The fourth-order valence-electron chi connectivity index (χ4n) is 4.54. The second-order valence-corrected chi connectivity index (χ2v) is 7.17. The molecule has 2 fully saturated rings. The zero-order chi connectivity index (χ0) is 16.7. The minimum atomic E-state index is 0.0688. The van der Waals surface area contributed by atoms with E-state index in [0.717, 1.165) is 41.7 Å². The number of furan rings is 1. The van der Waals surface area contributed by atoms with Crippen molar-refractivity contribution >= 4 is 16.9 Å². The van der Waals surface area contributed by atoms with Gasteiger partial charge in [-0.1, -0.05) is 12.8 Å². The molecule has 2 heterocycles. The van der Waals surface area contributed by atoms with Gasteiger partial charge in [-0.2, -0.15) is 0 Å². The molecule has 1 aromatic carbocycles. The van der Waals surface area contributed by atoms with Crippen LogP contribution in [0.4, 0.5) is 0 Å². The highest BCUT2D eigenvalue weighted by atomic mass is 16.5. The molecule has 4 rings (SSSR count). The number of ether oxygens (including phenoxy) is 1. The lowest BCUT2D eigenvalue weighted by atomic mass is 9.78. The van der Waals surface area contributed by atoms with Gasteiger partial charge in [0.2, 0.25) is 0 Å². The number of aryl methyl sites for hydroxylation is 1. The van der Waals surface area contributed by atoms with Gasteiger partial charge in [0.1, 0.15) is 11.3 Å². The maximum Gasteiger partial charge on any atom is 0.290 e. The standard InChI is InChI=1S/C20H25NO3/c1-13-16-12-15(23-2)9-10-18(16)24-19(13)20(22)21-11-5-7-14-6-3-4-8-17(14)21/h9-10,12,14,17H,3-8,11H2,1-2H3/t14-,17+/m1/s1. The van der Waals surface area contributed by atoms with Crippen LogP contribution in [-0.4, -0.2) is 30.5 Å². The molecule has 0 spiro atoms. The van der Waals surface area contributed by atoms with E-state index in [4.69, 9.17) is 9.15 Å². The molecule has 4 heteroatoms. The van der Waals surface area contributed by atoms with Crippen molar-refractivity contribution in [3.63, 3.8) is 0 Å². The van der Waals surface area contributed by atoms with Crippen LogP contribution in [-0.2, 0) is 0 Å². The molecule has 1 saturated heterocycles. The Kier molecular flexibility index (Phi) is 3.99. The molecule has 0 radical (unpaired) electrons. The van der Waals surface area contributed by atoms with Gasteiger partial charge in [0, 0.05) is 23.5 Å². The smallest absolute Gasteiger partial charge is 0.290 e. The highest BCUT2D eigenvalue weighted by Crippen LogP contribution is 2.37. The molecular weight excluding hydrogens is 302 g/mol. The van der Waals surface area contributed by atoms with Crippen molar-refractivity contribution < 1.29 is 13.9 Å². The van der Waals surface area contributed by atoms with E-state index < -0.39 is 0 Å². The average Bonchev–Trinajstić information content (AvgIpc) is 2.96. The number of amides is 1. The van der Waals surface area contributed by atoms with Gasteiger partial charge in [0.25, 0.3) is 5.91 Å². The highest BCUT2D eigenvalue weighted by Gasteiger charge is 2.37. The Balaban J connectivity index is 1.68. The van der Waals surface area contributed by atoms with Gasteiger partial charge in [-0.3, -0.25) is 4.79 Å². The zero-order valence-electron chi connectivity index (χ0n) is 14.5. The number of methoxy groups -OCH3 is 1. The number of hydrogen-bond donors (Lipinski definition) is 0. The summed E-state index contributed by atoms with van der Waals surface area (Å²) in [5.74, 6) is 2.04. The van der Waals surface area contributed by atoms with E-state index in [9.17, 15) is 4.79 Å². The van der Waals surface area contributed by atoms with Crippen molar-refractivity contribution in [3.05, 3.63) is 29.5 Å². The summed E-state index contributed by atoms with van der Waals surface area (Å²) in [6.07, 6.45) is 7.34. The molecule has 24 heavy (non-hydrogen) atoms. The molecule has 1 aliphatic carbocycles. The third-order valence-electron chi connectivity index (χ3n) is 5.84. The molecule has 4 nitrogen and oxygen atoms in total. The van der Waals surface area contributed by atoms with Crippen LogP contribution < -0.4 is 4.74 Å². The van der Waals surface area contributed by atoms with Gasteiger partial charge in [0.15, 0.2) is 5.76 Å². The predicted octanol–water partition coefficient (Wildman–Crippen LogP) is 4.54. The number of nitrogens with zero attached hydrogens (tertiary/aromatic N) is 1. The number of rotatable bonds is 2. The number of carbonyl (C=O) groups is 1. The topological polar surface area (TPSA) is 42.7 Å². The van der Waals surface area contributed by atoms with Crippen LogP contribution >= 0.6 is 0 Å². The van der Waals surface area contributed by atoms with E-state index >= 15 is 0 Å².